The molecule has 1 heterocycles. The van der Waals surface area contributed by atoms with Gasteiger partial charge in [-0.3, -0.25) is 4.79 Å². The SMILES string of the molecule is C=C1CC(Cl)C(NC(=O)c2coc3ccccc23)CC1F. The van der Waals surface area contributed by atoms with E-state index in [-0.39, 0.29) is 17.7 Å². The van der Waals surface area contributed by atoms with Crippen LogP contribution in [0.2, 0.25) is 0 Å². The van der Waals surface area contributed by atoms with Crippen molar-refractivity contribution in [3.05, 3.63) is 48.2 Å². The van der Waals surface area contributed by atoms with Crippen molar-refractivity contribution < 1.29 is 13.6 Å². The second kappa shape index (κ2) is 5.53. The van der Waals surface area contributed by atoms with Crippen molar-refractivity contribution in [2.75, 3.05) is 0 Å². The lowest BCUT2D eigenvalue weighted by molar-refractivity contribution is 0.0924. The summed E-state index contributed by atoms with van der Waals surface area (Å²) in [6.07, 6.45) is 0.832. The Hall–Kier alpha value is -1.81. The Morgan fingerprint density at radius 1 is 1.43 bits per heavy atom. The standard InChI is InChI=1S/C16H15ClFNO2/c1-9-6-12(17)14(7-13(9)18)19-16(20)11-8-21-15-5-3-2-4-10(11)15/h2-5,8,12-14H,1,6-7H2,(H,19,20). The molecule has 5 heteroatoms. The van der Waals surface area contributed by atoms with Crippen LogP contribution in [0.25, 0.3) is 11.0 Å². The molecule has 3 rings (SSSR count). The number of furan rings is 1. The van der Waals surface area contributed by atoms with E-state index in [0.29, 0.717) is 23.1 Å². The quantitative estimate of drug-likeness (QED) is 0.677. The number of hydrogen-bond acceptors (Lipinski definition) is 2. The fourth-order valence-corrected chi connectivity index (χ4v) is 2.97. The number of rotatable bonds is 2. The van der Waals surface area contributed by atoms with E-state index in [0.717, 1.165) is 5.39 Å². The van der Waals surface area contributed by atoms with Crippen molar-refractivity contribution >= 4 is 28.5 Å². The minimum atomic E-state index is -1.12. The fraction of sp³-hybridized carbons (Fsp3) is 0.312. The number of benzene rings is 1. The third-order valence-corrected chi connectivity index (χ3v) is 4.30. The van der Waals surface area contributed by atoms with E-state index in [1.807, 2.05) is 18.2 Å². The number of hydrogen-bond donors (Lipinski definition) is 1. The highest BCUT2D eigenvalue weighted by Crippen LogP contribution is 2.30. The van der Waals surface area contributed by atoms with Crippen LogP contribution in [0, 0.1) is 0 Å². The van der Waals surface area contributed by atoms with Crippen molar-refractivity contribution in [3.63, 3.8) is 0 Å². The summed E-state index contributed by atoms with van der Waals surface area (Å²) in [5.74, 6) is -0.296. The molecule has 1 aliphatic carbocycles. The molecule has 0 aliphatic heterocycles. The predicted molar refractivity (Wildman–Crippen MR) is 80.4 cm³/mol. The molecule has 0 saturated heterocycles. The predicted octanol–water partition coefficient (Wildman–Crippen LogP) is 3.83. The lowest BCUT2D eigenvalue weighted by Gasteiger charge is -2.31. The summed E-state index contributed by atoms with van der Waals surface area (Å²) in [7, 11) is 0. The average molecular weight is 308 g/mol. The highest BCUT2D eigenvalue weighted by molar-refractivity contribution is 6.21. The summed E-state index contributed by atoms with van der Waals surface area (Å²) in [5, 5.41) is 3.20. The van der Waals surface area contributed by atoms with E-state index in [9.17, 15) is 9.18 Å². The molecule has 1 saturated carbocycles. The van der Waals surface area contributed by atoms with Crippen LogP contribution in [0.5, 0.6) is 0 Å². The normalized spacial score (nSPS) is 26.0. The molecule has 3 unspecified atom stereocenters. The number of fused-ring (bicyclic) bond motifs is 1. The van der Waals surface area contributed by atoms with E-state index in [4.69, 9.17) is 16.0 Å². The van der Waals surface area contributed by atoms with Crippen molar-refractivity contribution in [2.24, 2.45) is 0 Å². The third-order valence-electron chi connectivity index (χ3n) is 3.84. The summed E-state index contributed by atoms with van der Waals surface area (Å²) >= 11 is 6.20. The van der Waals surface area contributed by atoms with Gasteiger partial charge in [-0.2, -0.15) is 0 Å². The molecule has 0 bridgehead atoms. The molecule has 1 aromatic carbocycles. The summed E-state index contributed by atoms with van der Waals surface area (Å²) in [6, 6.07) is 6.86. The second-order valence-electron chi connectivity index (χ2n) is 5.31. The lowest BCUT2D eigenvalue weighted by atomic mass is 9.89. The van der Waals surface area contributed by atoms with Gasteiger partial charge in [0, 0.05) is 17.8 Å². The molecule has 1 amide bonds. The van der Waals surface area contributed by atoms with Gasteiger partial charge in [0.25, 0.3) is 5.91 Å². The van der Waals surface area contributed by atoms with Gasteiger partial charge in [-0.15, -0.1) is 11.6 Å². The fourth-order valence-electron chi connectivity index (χ4n) is 2.61. The number of alkyl halides is 2. The lowest BCUT2D eigenvalue weighted by Crippen LogP contribution is -2.46. The minimum Gasteiger partial charge on any atom is -0.463 e. The molecule has 1 aromatic heterocycles. The van der Waals surface area contributed by atoms with Gasteiger partial charge < -0.3 is 9.73 Å². The molecule has 110 valence electrons. The molecule has 3 nitrogen and oxygen atoms in total. The summed E-state index contributed by atoms with van der Waals surface area (Å²) in [5.41, 5.74) is 1.58. The number of allylic oxidation sites excluding steroid dienone is 1. The van der Waals surface area contributed by atoms with Gasteiger partial charge in [0.05, 0.1) is 10.9 Å². The van der Waals surface area contributed by atoms with Crippen molar-refractivity contribution in [1.29, 1.82) is 0 Å². The summed E-state index contributed by atoms with van der Waals surface area (Å²) in [6.45, 7) is 3.66. The molecule has 0 spiro atoms. The first-order valence-electron chi connectivity index (χ1n) is 6.79. The molecular formula is C16H15ClFNO2. The number of carbonyl (C=O) groups excluding carboxylic acids is 1. The first-order valence-corrected chi connectivity index (χ1v) is 7.23. The Morgan fingerprint density at radius 3 is 3.00 bits per heavy atom. The van der Waals surface area contributed by atoms with Gasteiger partial charge in [0.15, 0.2) is 0 Å². The number of halogens is 2. The zero-order valence-corrected chi connectivity index (χ0v) is 12.1. The van der Waals surface area contributed by atoms with E-state index in [1.165, 1.54) is 6.26 Å². The van der Waals surface area contributed by atoms with E-state index in [2.05, 4.69) is 11.9 Å². The first kappa shape index (κ1) is 14.1. The van der Waals surface area contributed by atoms with Gasteiger partial charge in [0.2, 0.25) is 0 Å². The van der Waals surface area contributed by atoms with E-state index < -0.39 is 12.2 Å². The van der Waals surface area contributed by atoms with Crippen LogP contribution in [0.3, 0.4) is 0 Å². The zero-order valence-electron chi connectivity index (χ0n) is 11.3. The molecular weight excluding hydrogens is 293 g/mol. The molecule has 3 atom stereocenters. The maximum absolute atomic E-state index is 13.7. The van der Waals surface area contributed by atoms with Gasteiger partial charge in [-0.25, -0.2) is 4.39 Å². The van der Waals surface area contributed by atoms with E-state index >= 15 is 0 Å². The Morgan fingerprint density at radius 2 is 2.19 bits per heavy atom. The molecule has 2 aromatic rings. The summed E-state index contributed by atoms with van der Waals surface area (Å²) in [4.78, 5) is 12.3. The maximum atomic E-state index is 13.7. The van der Waals surface area contributed by atoms with Crippen molar-refractivity contribution in [2.45, 2.75) is 30.4 Å². The van der Waals surface area contributed by atoms with Crippen LogP contribution in [0.15, 0.2) is 47.1 Å². The van der Waals surface area contributed by atoms with Crippen LogP contribution in [0.1, 0.15) is 23.2 Å². The van der Waals surface area contributed by atoms with E-state index in [1.54, 1.807) is 6.07 Å². The Bertz CT molecular complexity index is 696. The largest absolute Gasteiger partial charge is 0.463 e. The number of nitrogens with one attached hydrogen (secondary N) is 1. The van der Waals surface area contributed by atoms with Crippen molar-refractivity contribution in [1.82, 2.24) is 5.32 Å². The Labute approximate surface area is 126 Å². The number of amides is 1. The number of carbonyl (C=O) groups is 1. The first-order chi connectivity index (χ1) is 10.1. The van der Waals surface area contributed by atoms with Crippen LogP contribution < -0.4 is 5.32 Å². The topological polar surface area (TPSA) is 42.2 Å². The second-order valence-corrected chi connectivity index (χ2v) is 5.87. The van der Waals surface area contributed by atoms with Gasteiger partial charge >= 0.3 is 0 Å². The van der Waals surface area contributed by atoms with Crippen LogP contribution >= 0.6 is 11.6 Å². The van der Waals surface area contributed by atoms with Crippen LogP contribution in [0.4, 0.5) is 4.39 Å². The van der Waals surface area contributed by atoms with Crippen LogP contribution in [-0.4, -0.2) is 23.5 Å². The monoisotopic (exact) mass is 307 g/mol. The van der Waals surface area contributed by atoms with Crippen LogP contribution in [-0.2, 0) is 0 Å². The third kappa shape index (κ3) is 2.68. The molecule has 0 radical (unpaired) electrons. The smallest absolute Gasteiger partial charge is 0.255 e. The van der Waals surface area contributed by atoms with Gasteiger partial charge in [0.1, 0.15) is 18.0 Å². The summed E-state index contributed by atoms with van der Waals surface area (Å²) < 4.78 is 19.1. The minimum absolute atomic E-state index is 0.161. The molecule has 1 fully saturated rings. The molecule has 21 heavy (non-hydrogen) atoms. The average Bonchev–Trinajstić information content (AvgIpc) is 2.88. The number of para-hydroxylation sites is 1. The Kier molecular flexibility index (Phi) is 3.72. The van der Waals surface area contributed by atoms with Gasteiger partial charge in [-0.1, -0.05) is 24.8 Å². The van der Waals surface area contributed by atoms with Crippen molar-refractivity contribution in [3.8, 4) is 0 Å². The molecule has 1 N–H and O–H groups in total. The highest BCUT2D eigenvalue weighted by atomic mass is 35.5. The maximum Gasteiger partial charge on any atom is 0.255 e. The molecule has 1 aliphatic rings. The highest BCUT2D eigenvalue weighted by Gasteiger charge is 2.33. The Balaban J connectivity index is 1.78. The van der Waals surface area contributed by atoms with Gasteiger partial charge in [-0.05, 0) is 18.1 Å². The zero-order chi connectivity index (χ0) is 15.0.